The van der Waals surface area contributed by atoms with Crippen LogP contribution in [0.2, 0.25) is 0 Å². The monoisotopic (exact) mass is 161 g/mol. The molecule has 0 aliphatic carbocycles. The van der Waals surface area contributed by atoms with Crippen molar-refractivity contribution in [1.29, 1.82) is 0 Å². The highest BCUT2D eigenvalue weighted by atomic mass is 27.0. The summed E-state index contributed by atoms with van der Waals surface area (Å²) < 4.78 is 0. The second kappa shape index (κ2) is 5.73. The molecule has 0 aliphatic rings. The number of hydrogen-bond acceptors (Lipinski definition) is 2. The van der Waals surface area contributed by atoms with Crippen molar-refractivity contribution < 1.29 is 9.90 Å². The molecule has 0 aromatic heterocycles. The van der Waals surface area contributed by atoms with E-state index in [2.05, 4.69) is 0 Å². The summed E-state index contributed by atoms with van der Waals surface area (Å²) in [6, 6.07) is -0.690. The highest BCUT2D eigenvalue weighted by molar-refractivity contribution is 5.75. The summed E-state index contributed by atoms with van der Waals surface area (Å²) in [4.78, 5) is 10.1. The Balaban J connectivity index is 0. The first kappa shape index (κ1) is 12.6. The Hall–Kier alpha value is -0.0375. The zero-order chi connectivity index (χ0) is 7.44. The van der Waals surface area contributed by atoms with E-state index in [9.17, 15) is 4.79 Å². The lowest BCUT2D eigenvalue weighted by Gasteiger charge is -2.07. The van der Waals surface area contributed by atoms with Crippen molar-refractivity contribution in [3.8, 4) is 0 Å². The first-order chi connectivity index (χ1) is 4.04. The highest BCUT2D eigenvalue weighted by Crippen LogP contribution is 2.01. The first-order valence-electron chi connectivity index (χ1n) is 3.02. The van der Waals surface area contributed by atoms with E-state index in [0.29, 0.717) is 12.3 Å². The Kier molecular flexibility index (Phi) is 7.23. The molecule has 10 heavy (non-hydrogen) atoms. The summed E-state index contributed by atoms with van der Waals surface area (Å²) in [5.41, 5.74) is 5.22. The molecule has 60 valence electrons. The van der Waals surface area contributed by atoms with Gasteiger partial charge in [0.25, 0.3) is 0 Å². The second-order valence-electron chi connectivity index (χ2n) is 2.57. The topological polar surface area (TPSA) is 63.3 Å². The standard InChI is InChI=1S/C6H13NO2.Al.3H/c1-4(2)3-5(7)6(8)9;;;;/h4-5H,3,7H2,1-2H3,(H,8,9);;;;/t5-;;;;/m0..../s1. The average molecular weight is 161 g/mol. The van der Waals surface area contributed by atoms with Crippen LogP contribution in [-0.4, -0.2) is 34.5 Å². The van der Waals surface area contributed by atoms with Crippen LogP contribution in [0, 0.1) is 5.92 Å². The summed E-state index contributed by atoms with van der Waals surface area (Å²) in [6.45, 7) is 3.89. The third-order valence-electron chi connectivity index (χ3n) is 1.04. The fourth-order valence-electron chi connectivity index (χ4n) is 0.609. The Morgan fingerprint density at radius 2 is 2.00 bits per heavy atom. The number of carbonyl (C=O) groups is 1. The largest absolute Gasteiger partial charge is 0.480 e. The minimum Gasteiger partial charge on any atom is -0.480 e. The van der Waals surface area contributed by atoms with Crippen LogP contribution in [-0.2, 0) is 4.79 Å². The summed E-state index contributed by atoms with van der Waals surface area (Å²) in [7, 11) is 0. The number of nitrogens with two attached hydrogens (primary N) is 1. The number of aliphatic carboxylic acids is 1. The summed E-state index contributed by atoms with van der Waals surface area (Å²) in [6.07, 6.45) is 0.551. The SMILES string of the molecule is CC(C)C[C@H](N)C(=O)O.[AlH3]. The summed E-state index contributed by atoms with van der Waals surface area (Å²) in [5, 5.41) is 8.31. The lowest BCUT2D eigenvalue weighted by Crippen LogP contribution is -2.31. The summed E-state index contributed by atoms with van der Waals surface area (Å²) >= 11 is 0. The molecule has 0 unspecified atom stereocenters. The van der Waals surface area contributed by atoms with Gasteiger partial charge in [0.1, 0.15) is 6.04 Å². The maximum atomic E-state index is 10.1. The molecule has 3 nitrogen and oxygen atoms in total. The molecule has 0 saturated heterocycles. The van der Waals surface area contributed by atoms with E-state index in [1.165, 1.54) is 0 Å². The van der Waals surface area contributed by atoms with E-state index in [1.54, 1.807) is 0 Å². The van der Waals surface area contributed by atoms with Crippen molar-refractivity contribution in [1.82, 2.24) is 0 Å². The Labute approximate surface area is 71.7 Å². The van der Waals surface area contributed by atoms with Gasteiger partial charge in [-0.2, -0.15) is 0 Å². The van der Waals surface area contributed by atoms with E-state index in [0.717, 1.165) is 0 Å². The lowest BCUT2D eigenvalue weighted by molar-refractivity contribution is -0.138. The molecular weight excluding hydrogens is 145 g/mol. The third kappa shape index (κ3) is 6.09. The van der Waals surface area contributed by atoms with Crippen LogP contribution in [0.5, 0.6) is 0 Å². The Morgan fingerprint density at radius 3 is 2.10 bits per heavy atom. The van der Waals surface area contributed by atoms with Gasteiger partial charge in [0, 0.05) is 0 Å². The fourth-order valence-corrected chi connectivity index (χ4v) is 0.609. The molecule has 0 rings (SSSR count). The van der Waals surface area contributed by atoms with Gasteiger partial charge in [-0.1, -0.05) is 13.8 Å². The predicted octanol–water partition coefficient (Wildman–Crippen LogP) is -0.740. The molecule has 0 saturated carbocycles. The van der Waals surface area contributed by atoms with Crippen LogP contribution in [0.15, 0.2) is 0 Å². The van der Waals surface area contributed by atoms with Crippen LogP contribution < -0.4 is 5.73 Å². The Bertz CT molecular complexity index is 106. The van der Waals surface area contributed by atoms with Gasteiger partial charge in [-0.3, -0.25) is 4.79 Å². The van der Waals surface area contributed by atoms with Crippen LogP contribution in [0.25, 0.3) is 0 Å². The van der Waals surface area contributed by atoms with Gasteiger partial charge < -0.3 is 10.8 Å². The van der Waals surface area contributed by atoms with E-state index >= 15 is 0 Å². The summed E-state index contributed by atoms with van der Waals surface area (Å²) in [5.74, 6) is -0.556. The van der Waals surface area contributed by atoms with Gasteiger partial charge in [0.05, 0.1) is 0 Å². The molecule has 0 fully saturated rings. The molecule has 0 radical (unpaired) electrons. The molecule has 0 spiro atoms. The van der Waals surface area contributed by atoms with Crippen molar-refractivity contribution in [2.45, 2.75) is 26.3 Å². The maximum absolute atomic E-state index is 10.1. The number of carboxylic acids is 1. The van der Waals surface area contributed by atoms with Crippen LogP contribution in [0.4, 0.5) is 0 Å². The quantitative estimate of drug-likeness (QED) is 0.536. The van der Waals surface area contributed by atoms with Crippen LogP contribution >= 0.6 is 0 Å². The van der Waals surface area contributed by atoms with Gasteiger partial charge in [-0.25, -0.2) is 0 Å². The molecule has 3 N–H and O–H groups in total. The molecular formula is C6H16AlNO2. The van der Waals surface area contributed by atoms with Crippen molar-refractivity contribution in [3.05, 3.63) is 0 Å². The zero-order valence-electron chi connectivity index (χ0n) is 5.79. The molecule has 0 amide bonds. The third-order valence-corrected chi connectivity index (χ3v) is 1.04. The van der Waals surface area contributed by atoms with Crippen molar-refractivity contribution >= 4 is 23.3 Å². The number of hydrogen-bond donors (Lipinski definition) is 2. The Morgan fingerprint density at radius 1 is 1.60 bits per heavy atom. The number of carboxylic acid groups (broad SMARTS) is 1. The van der Waals surface area contributed by atoms with E-state index in [4.69, 9.17) is 10.8 Å². The second-order valence-corrected chi connectivity index (χ2v) is 2.57. The minimum atomic E-state index is -0.913. The molecule has 1 atom stereocenters. The van der Waals surface area contributed by atoms with Gasteiger partial charge >= 0.3 is 5.97 Å². The maximum Gasteiger partial charge on any atom is 0.320 e. The number of rotatable bonds is 3. The fraction of sp³-hybridized carbons (Fsp3) is 0.833. The van der Waals surface area contributed by atoms with Crippen molar-refractivity contribution in [3.63, 3.8) is 0 Å². The average Bonchev–Trinajstić information content (AvgIpc) is 1.63. The smallest absolute Gasteiger partial charge is 0.320 e. The van der Waals surface area contributed by atoms with Gasteiger partial charge in [0.2, 0.25) is 0 Å². The minimum absolute atomic E-state index is 0. The molecule has 4 heteroatoms. The normalized spacial score (nSPS) is 12.4. The molecule has 0 bridgehead atoms. The van der Waals surface area contributed by atoms with Gasteiger partial charge in [0.15, 0.2) is 17.4 Å². The molecule has 0 aromatic rings. The van der Waals surface area contributed by atoms with E-state index < -0.39 is 12.0 Å². The van der Waals surface area contributed by atoms with E-state index in [-0.39, 0.29) is 17.4 Å². The predicted molar refractivity (Wildman–Crippen MR) is 45.0 cm³/mol. The van der Waals surface area contributed by atoms with Crippen molar-refractivity contribution in [2.24, 2.45) is 11.7 Å². The van der Waals surface area contributed by atoms with Gasteiger partial charge in [-0.05, 0) is 12.3 Å². The molecule has 0 aromatic carbocycles. The highest BCUT2D eigenvalue weighted by Gasteiger charge is 2.11. The van der Waals surface area contributed by atoms with E-state index in [1.807, 2.05) is 13.8 Å². The molecule has 0 aliphatic heterocycles. The zero-order valence-corrected chi connectivity index (χ0v) is 5.79. The lowest BCUT2D eigenvalue weighted by atomic mass is 10.1. The van der Waals surface area contributed by atoms with Crippen LogP contribution in [0.1, 0.15) is 20.3 Å². The van der Waals surface area contributed by atoms with Crippen molar-refractivity contribution in [2.75, 3.05) is 0 Å². The van der Waals surface area contributed by atoms with Gasteiger partial charge in [-0.15, -0.1) is 0 Å². The van der Waals surface area contributed by atoms with Crippen LogP contribution in [0.3, 0.4) is 0 Å². The first-order valence-corrected chi connectivity index (χ1v) is 3.02. The molecule has 0 heterocycles.